The number of halogens is 2. The molecule has 0 bridgehead atoms. The van der Waals surface area contributed by atoms with Gasteiger partial charge in [0.2, 0.25) is 0 Å². The maximum atomic E-state index is 6.18. The number of likely N-dealkylation sites (tertiary alicyclic amines) is 1. The number of nitrogens with two attached hydrogens (primary N) is 1. The fourth-order valence-corrected chi connectivity index (χ4v) is 3.95. The monoisotopic (exact) mass is 358 g/mol. The fourth-order valence-electron chi connectivity index (χ4n) is 3.26. The van der Waals surface area contributed by atoms with Crippen molar-refractivity contribution in [2.45, 2.75) is 51.1 Å². The van der Waals surface area contributed by atoms with Crippen molar-refractivity contribution >= 4 is 27.5 Å². The zero-order valence-electron chi connectivity index (χ0n) is 12.1. The van der Waals surface area contributed by atoms with Crippen LogP contribution in [0, 0.1) is 0 Å². The largest absolute Gasteiger partial charge is 0.329 e. The van der Waals surface area contributed by atoms with E-state index in [-0.39, 0.29) is 6.04 Å². The van der Waals surface area contributed by atoms with E-state index in [0.29, 0.717) is 12.6 Å². The molecular weight excluding hydrogens is 336 g/mol. The smallest absolute Gasteiger partial charge is 0.0485 e. The molecule has 1 aliphatic rings. The number of nitrogens with zero attached hydrogens (tertiary/aromatic N) is 1. The molecule has 1 fully saturated rings. The molecule has 2 nitrogen and oxygen atoms in total. The van der Waals surface area contributed by atoms with Crippen molar-refractivity contribution in [3.8, 4) is 0 Å². The third kappa shape index (κ3) is 3.76. The molecule has 0 amide bonds. The summed E-state index contributed by atoms with van der Waals surface area (Å²) in [6, 6.07) is 6.89. The van der Waals surface area contributed by atoms with Crippen LogP contribution >= 0.6 is 27.5 Å². The molecule has 1 saturated heterocycles. The highest BCUT2D eigenvalue weighted by molar-refractivity contribution is 9.10. The molecule has 1 aromatic rings. The van der Waals surface area contributed by atoms with E-state index < -0.39 is 0 Å². The predicted molar refractivity (Wildman–Crippen MR) is 90.2 cm³/mol. The van der Waals surface area contributed by atoms with Crippen molar-refractivity contribution < 1.29 is 0 Å². The van der Waals surface area contributed by atoms with E-state index in [1.807, 2.05) is 12.1 Å². The van der Waals surface area contributed by atoms with Gasteiger partial charge < -0.3 is 5.73 Å². The molecule has 2 rings (SSSR count). The van der Waals surface area contributed by atoms with Gasteiger partial charge in [-0.1, -0.05) is 47.3 Å². The second-order valence-electron chi connectivity index (χ2n) is 5.57. The van der Waals surface area contributed by atoms with E-state index in [2.05, 4.69) is 33.8 Å². The molecule has 20 heavy (non-hydrogen) atoms. The lowest BCUT2D eigenvalue weighted by atomic mass is 10.0. The van der Waals surface area contributed by atoms with Crippen molar-refractivity contribution in [2.75, 3.05) is 13.1 Å². The van der Waals surface area contributed by atoms with E-state index in [4.69, 9.17) is 17.3 Å². The van der Waals surface area contributed by atoms with Crippen LogP contribution in [0.15, 0.2) is 22.7 Å². The molecule has 1 aromatic carbocycles. The number of benzene rings is 1. The maximum Gasteiger partial charge on any atom is 0.0485 e. The molecule has 4 heteroatoms. The standard InChI is InChI=1S/C16H24BrClN2/c1-2-13-6-4-3-5-9-20(13)16(11-19)14-10-12(18)7-8-15(14)17/h7-8,10,13,16H,2-6,9,11,19H2,1H3. The molecule has 2 N–H and O–H groups in total. The first-order chi connectivity index (χ1) is 9.67. The van der Waals surface area contributed by atoms with Gasteiger partial charge in [-0.2, -0.15) is 0 Å². The zero-order chi connectivity index (χ0) is 14.5. The number of hydrogen-bond donors (Lipinski definition) is 1. The zero-order valence-corrected chi connectivity index (χ0v) is 14.5. The van der Waals surface area contributed by atoms with Crippen molar-refractivity contribution in [2.24, 2.45) is 5.73 Å². The average molecular weight is 360 g/mol. The third-order valence-electron chi connectivity index (χ3n) is 4.33. The van der Waals surface area contributed by atoms with Crippen LogP contribution in [0.25, 0.3) is 0 Å². The molecule has 0 spiro atoms. The second-order valence-corrected chi connectivity index (χ2v) is 6.86. The van der Waals surface area contributed by atoms with Gasteiger partial charge in [0.1, 0.15) is 0 Å². The van der Waals surface area contributed by atoms with Gasteiger partial charge in [0, 0.05) is 28.1 Å². The molecule has 2 unspecified atom stereocenters. The van der Waals surface area contributed by atoms with Crippen LogP contribution in [-0.4, -0.2) is 24.0 Å². The molecule has 112 valence electrons. The van der Waals surface area contributed by atoms with Gasteiger partial charge in [-0.3, -0.25) is 4.90 Å². The first-order valence-corrected chi connectivity index (χ1v) is 8.75. The Bertz CT molecular complexity index is 438. The van der Waals surface area contributed by atoms with E-state index in [1.165, 1.54) is 37.7 Å². The van der Waals surface area contributed by atoms with Gasteiger partial charge in [0.25, 0.3) is 0 Å². The van der Waals surface area contributed by atoms with Crippen molar-refractivity contribution in [1.82, 2.24) is 4.90 Å². The minimum Gasteiger partial charge on any atom is -0.329 e. The predicted octanol–water partition coefficient (Wildman–Crippen LogP) is 4.76. The van der Waals surface area contributed by atoms with E-state index in [1.54, 1.807) is 0 Å². The second kappa shape index (κ2) is 7.79. The Morgan fingerprint density at radius 2 is 2.20 bits per heavy atom. The van der Waals surface area contributed by atoms with Gasteiger partial charge in [-0.05, 0) is 49.6 Å². The van der Waals surface area contributed by atoms with Crippen LogP contribution in [0.4, 0.5) is 0 Å². The Morgan fingerprint density at radius 3 is 2.90 bits per heavy atom. The summed E-state index contributed by atoms with van der Waals surface area (Å²) < 4.78 is 1.11. The van der Waals surface area contributed by atoms with Crippen LogP contribution in [0.2, 0.25) is 5.02 Å². The average Bonchev–Trinajstić information content (AvgIpc) is 2.69. The van der Waals surface area contributed by atoms with E-state index in [9.17, 15) is 0 Å². The maximum absolute atomic E-state index is 6.18. The summed E-state index contributed by atoms with van der Waals surface area (Å²) in [6.45, 7) is 4.05. The lowest BCUT2D eigenvalue weighted by Crippen LogP contribution is -2.41. The highest BCUT2D eigenvalue weighted by atomic mass is 79.9. The van der Waals surface area contributed by atoms with Gasteiger partial charge in [-0.25, -0.2) is 0 Å². The molecular formula is C16H24BrClN2. The van der Waals surface area contributed by atoms with Crippen molar-refractivity contribution in [1.29, 1.82) is 0 Å². The van der Waals surface area contributed by atoms with Crippen molar-refractivity contribution in [3.63, 3.8) is 0 Å². The minimum atomic E-state index is 0.256. The lowest BCUT2D eigenvalue weighted by Gasteiger charge is -2.37. The quantitative estimate of drug-likeness (QED) is 0.840. The molecule has 0 aliphatic carbocycles. The summed E-state index contributed by atoms with van der Waals surface area (Å²) in [5.41, 5.74) is 7.34. The fraction of sp³-hybridized carbons (Fsp3) is 0.625. The highest BCUT2D eigenvalue weighted by Gasteiger charge is 2.28. The summed E-state index contributed by atoms with van der Waals surface area (Å²) >= 11 is 9.84. The number of rotatable bonds is 4. The molecule has 1 aliphatic heterocycles. The molecule has 2 atom stereocenters. The topological polar surface area (TPSA) is 29.3 Å². The Hall–Kier alpha value is -0.0900. The molecule has 0 radical (unpaired) electrons. The molecule has 1 heterocycles. The normalized spacial score (nSPS) is 22.5. The van der Waals surface area contributed by atoms with Crippen LogP contribution in [0.1, 0.15) is 50.6 Å². The van der Waals surface area contributed by atoms with Crippen LogP contribution in [-0.2, 0) is 0 Å². The van der Waals surface area contributed by atoms with Crippen LogP contribution in [0.3, 0.4) is 0 Å². The Balaban J connectivity index is 2.31. The van der Waals surface area contributed by atoms with Crippen LogP contribution in [0.5, 0.6) is 0 Å². The van der Waals surface area contributed by atoms with E-state index >= 15 is 0 Å². The Kier molecular flexibility index (Phi) is 6.34. The number of hydrogen-bond acceptors (Lipinski definition) is 2. The summed E-state index contributed by atoms with van der Waals surface area (Å²) in [6.07, 6.45) is 6.41. The minimum absolute atomic E-state index is 0.256. The van der Waals surface area contributed by atoms with Gasteiger partial charge in [0.05, 0.1) is 0 Å². The van der Waals surface area contributed by atoms with Crippen LogP contribution < -0.4 is 5.73 Å². The summed E-state index contributed by atoms with van der Waals surface area (Å²) in [4.78, 5) is 2.60. The SMILES string of the molecule is CCC1CCCCCN1C(CN)c1cc(Cl)ccc1Br. The lowest BCUT2D eigenvalue weighted by molar-refractivity contribution is 0.135. The van der Waals surface area contributed by atoms with Gasteiger partial charge in [-0.15, -0.1) is 0 Å². The Morgan fingerprint density at radius 1 is 1.40 bits per heavy atom. The summed E-state index contributed by atoms with van der Waals surface area (Å²) in [5, 5.41) is 0.782. The van der Waals surface area contributed by atoms with Gasteiger partial charge >= 0.3 is 0 Å². The summed E-state index contributed by atoms with van der Waals surface area (Å²) in [5.74, 6) is 0. The first-order valence-electron chi connectivity index (χ1n) is 7.58. The highest BCUT2D eigenvalue weighted by Crippen LogP contribution is 2.34. The first kappa shape index (κ1) is 16.3. The molecule has 0 saturated carbocycles. The molecule has 0 aromatic heterocycles. The third-order valence-corrected chi connectivity index (χ3v) is 5.29. The summed E-state index contributed by atoms with van der Waals surface area (Å²) in [7, 11) is 0. The van der Waals surface area contributed by atoms with Crippen molar-refractivity contribution in [3.05, 3.63) is 33.3 Å². The van der Waals surface area contributed by atoms with E-state index in [0.717, 1.165) is 16.0 Å². The Labute approximate surface area is 135 Å². The van der Waals surface area contributed by atoms with Gasteiger partial charge in [0.15, 0.2) is 0 Å².